The van der Waals surface area contributed by atoms with Crippen LogP contribution in [0.5, 0.6) is 0 Å². The van der Waals surface area contributed by atoms with Gasteiger partial charge >= 0.3 is 0 Å². The molecule has 2 aromatic carbocycles. The monoisotopic (exact) mass is 350 g/mol. The fourth-order valence-electron chi connectivity index (χ4n) is 3.32. The number of hydrogen-bond acceptors (Lipinski definition) is 4. The molecule has 1 saturated heterocycles. The summed E-state index contributed by atoms with van der Waals surface area (Å²) in [4.78, 5) is 14.0. The van der Waals surface area contributed by atoms with E-state index in [1.165, 1.54) is 0 Å². The van der Waals surface area contributed by atoms with Gasteiger partial charge in [0.2, 0.25) is 5.91 Å². The summed E-state index contributed by atoms with van der Waals surface area (Å²) in [6.45, 7) is 4.09. The molecule has 26 heavy (non-hydrogen) atoms. The number of para-hydroxylation sites is 1. The average molecular weight is 350 g/mol. The van der Waals surface area contributed by atoms with Crippen LogP contribution < -0.4 is 10.2 Å². The van der Waals surface area contributed by atoms with Crippen molar-refractivity contribution in [2.24, 2.45) is 0 Å². The summed E-state index contributed by atoms with van der Waals surface area (Å²) in [5, 5.41) is 3.36. The fraction of sp³-hybridized carbons (Fsp3) is 0.286. The van der Waals surface area contributed by atoms with Gasteiger partial charge in [0.05, 0.1) is 32.0 Å². The van der Waals surface area contributed by atoms with E-state index in [-0.39, 0.29) is 12.2 Å². The van der Waals surface area contributed by atoms with E-state index in [0.717, 1.165) is 28.1 Å². The number of fused-ring (bicyclic) bond motifs is 2. The lowest BCUT2D eigenvalue weighted by Gasteiger charge is -2.26. The smallest absolute Gasteiger partial charge is 0.224 e. The normalized spacial score (nSPS) is 16.6. The van der Waals surface area contributed by atoms with E-state index in [1.54, 1.807) is 6.92 Å². The van der Waals surface area contributed by atoms with Crippen molar-refractivity contribution in [1.29, 1.82) is 0 Å². The second-order valence-electron chi connectivity index (χ2n) is 6.46. The van der Waals surface area contributed by atoms with E-state index in [0.29, 0.717) is 26.3 Å². The van der Waals surface area contributed by atoms with Crippen molar-refractivity contribution in [2.45, 2.75) is 19.8 Å². The van der Waals surface area contributed by atoms with Crippen LogP contribution in [0.3, 0.4) is 0 Å². The molecule has 2 heterocycles. The summed E-state index contributed by atoms with van der Waals surface area (Å²) in [5.41, 5.74) is 5.21. The first-order valence-electron chi connectivity index (χ1n) is 8.86. The maximum absolute atomic E-state index is 12.2. The van der Waals surface area contributed by atoms with E-state index in [1.807, 2.05) is 35.2 Å². The molecule has 0 aliphatic carbocycles. The van der Waals surface area contributed by atoms with Crippen LogP contribution in [-0.4, -0.2) is 32.0 Å². The Morgan fingerprint density at radius 1 is 1.12 bits per heavy atom. The predicted octanol–water partition coefficient (Wildman–Crippen LogP) is 3.51. The number of ether oxygens (including phenoxy) is 2. The van der Waals surface area contributed by atoms with Crippen LogP contribution in [0.15, 0.2) is 42.5 Å². The first-order chi connectivity index (χ1) is 12.7. The summed E-state index contributed by atoms with van der Waals surface area (Å²) in [5.74, 6) is 0.0384. The zero-order chi connectivity index (χ0) is 17.9. The summed E-state index contributed by atoms with van der Waals surface area (Å²) in [6.07, 6.45) is 3.99. The van der Waals surface area contributed by atoms with Gasteiger partial charge in [-0.15, -0.1) is 0 Å². The molecule has 0 atom stereocenters. The topological polar surface area (TPSA) is 50.8 Å². The Morgan fingerprint density at radius 2 is 1.88 bits per heavy atom. The third kappa shape index (κ3) is 3.49. The van der Waals surface area contributed by atoms with Crippen LogP contribution in [0.4, 0.5) is 11.4 Å². The highest BCUT2D eigenvalue weighted by Crippen LogP contribution is 2.30. The lowest BCUT2D eigenvalue weighted by Crippen LogP contribution is -2.29. The molecule has 1 fully saturated rings. The number of nitrogens with one attached hydrogen (secondary N) is 1. The highest BCUT2D eigenvalue weighted by atomic mass is 16.7. The van der Waals surface area contributed by atoms with Crippen molar-refractivity contribution < 1.29 is 14.3 Å². The molecular weight excluding hydrogens is 328 g/mol. The van der Waals surface area contributed by atoms with Crippen molar-refractivity contribution in [3.05, 3.63) is 59.2 Å². The summed E-state index contributed by atoms with van der Waals surface area (Å²) in [6, 6.07) is 14.2. The molecule has 0 spiro atoms. The lowest BCUT2D eigenvalue weighted by molar-refractivity contribution is -0.116. The molecule has 5 nitrogen and oxygen atoms in total. The number of carbonyl (C=O) groups is 1. The van der Waals surface area contributed by atoms with Crippen LogP contribution in [-0.2, 0) is 20.8 Å². The number of carbonyl (C=O) groups excluding carboxylic acids is 1. The Morgan fingerprint density at radius 3 is 2.69 bits per heavy atom. The predicted molar refractivity (Wildman–Crippen MR) is 103 cm³/mol. The third-order valence-electron chi connectivity index (χ3n) is 4.69. The number of nitrogens with zero attached hydrogens (tertiary/aromatic N) is 1. The van der Waals surface area contributed by atoms with Gasteiger partial charge in [-0.2, -0.15) is 0 Å². The Hall–Kier alpha value is -2.63. The van der Waals surface area contributed by atoms with E-state index in [9.17, 15) is 4.79 Å². The minimum Gasteiger partial charge on any atom is -0.380 e. The van der Waals surface area contributed by atoms with E-state index in [4.69, 9.17) is 9.47 Å². The Bertz CT molecular complexity index is 841. The van der Waals surface area contributed by atoms with Gasteiger partial charge in [0.25, 0.3) is 0 Å². The molecular formula is C21H22N2O3. The van der Waals surface area contributed by atoms with Gasteiger partial charge in [-0.3, -0.25) is 4.79 Å². The third-order valence-corrected chi connectivity index (χ3v) is 4.69. The summed E-state index contributed by atoms with van der Waals surface area (Å²) >= 11 is 0. The van der Waals surface area contributed by atoms with E-state index in [2.05, 4.69) is 29.6 Å². The average Bonchev–Trinajstić information content (AvgIpc) is 3.15. The van der Waals surface area contributed by atoms with Crippen molar-refractivity contribution in [3.8, 4) is 0 Å². The minimum atomic E-state index is -0.187. The van der Waals surface area contributed by atoms with Gasteiger partial charge in [0, 0.05) is 12.6 Å². The second-order valence-corrected chi connectivity index (χ2v) is 6.46. The standard InChI is InChI=1S/C21H22N2O3/c1-15(24)23-14-18-8-9-19(22-13-21-25-10-11-26-21)12-17(18)7-6-16-4-2-3-5-20(16)23/h2-9,12,21-22H,10-11,13-14H2,1H3. The van der Waals surface area contributed by atoms with E-state index < -0.39 is 0 Å². The number of hydrogen-bond donors (Lipinski definition) is 1. The Kier molecular flexibility index (Phi) is 4.73. The first kappa shape index (κ1) is 16.8. The van der Waals surface area contributed by atoms with Gasteiger partial charge in [-0.25, -0.2) is 0 Å². The molecule has 4 rings (SSSR count). The largest absolute Gasteiger partial charge is 0.380 e. The van der Waals surface area contributed by atoms with E-state index >= 15 is 0 Å². The summed E-state index contributed by atoms with van der Waals surface area (Å²) < 4.78 is 10.9. The van der Waals surface area contributed by atoms with Crippen LogP contribution >= 0.6 is 0 Å². The molecule has 0 unspecified atom stereocenters. The number of anilines is 2. The molecule has 1 N–H and O–H groups in total. The number of rotatable bonds is 3. The zero-order valence-electron chi connectivity index (χ0n) is 14.8. The molecule has 2 aromatic rings. The maximum atomic E-state index is 12.2. The molecule has 0 bridgehead atoms. The first-order valence-corrected chi connectivity index (χ1v) is 8.86. The minimum absolute atomic E-state index is 0.0384. The van der Waals surface area contributed by atoms with Gasteiger partial charge in [-0.05, 0) is 34.9 Å². The van der Waals surface area contributed by atoms with Crippen molar-refractivity contribution in [1.82, 2.24) is 0 Å². The SMILES string of the molecule is CC(=O)N1Cc2ccc(NCC3OCCO3)cc2C=Cc2ccccc21. The Balaban J connectivity index is 1.62. The van der Waals surface area contributed by atoms with Gasteiger partial charge in [0.15, 0.2) is 6.29 Å². The van der Waals surface area contributed by atoms with Gasteiger partial charge in [-0.1, -0.05) is 36.4 Å². The molecule has 0 aromatic heterocycles. The maximum Gasteiger partial charge on any atom is 0.224 e. The highest BCUT2D eigenvalue weighted by molar-refractivity contribution is 5.95. The van der Waals surface area contributed by atoms with Crippen LogP contribution in [0.25, 0.3) is 12.2 Å². The number of amides is 1. The van der Waals surface area contributed by atoms with Gasteiger partial charge < -0.3 is 19.7 Å². The molecule has 0 saturated carbocycles. The molecule has 1 amide bonds. The molecule has 5 heteroatoms. The van der Waals surface area contributed by atoms with Crippen molar-refractivity contribution in [3.63, 3.8) is 0 Å². The second kappa shape index (κ2) is 7.32. The molecule has 0 radical (unpaired) electrons. The number of benzene rings is 2. The van der Waals surface area contributed by atoms with Gasteiger partial charge in [0.1, 0.15) is 0 Å². The molecule has 2 aliphatic rings. The zero-order valence-corrected chi connectivity index (χ0v) is 14.8. The quantitative estimate of drug-likeness (QED) is 0.920. The summed E-state index contributed by atoms with van der Waals surface area (Å²) in [7, 11) is 0. The molecule has 134 valence electrons. The molecule has 2 aliphatic heterocycles. The van der Waals surface area contributed by atoms with Crippen molar-refractivity contribution >= 4 is 29.4 Å². The van der Waals surface area contributed by atoms with Crippen LogP contribution in [0.2, 0.25) is 0 Å². The highest BCUT2D eigenvalue weighted by Gasteiger charge is 2.19. The Labute approximate surface area is 153 Å². The van der Waals surface area contributed by atoms with Crippen molar-refractivity contribution in [2.75, 3.05) is 30.0 Å². The lowest BCUT2D eigenvalue weighted by atomic mass is 10.0. The fourth-order valence-corrected chi connectivity index (χ4v) is 3.32. The van der Waals surface area contributed by atoms with Crippen LogP contribution in [0.1, 0.15) is 23.6 Å². The van der Waals surface area contributed by atoms with Crippen LogP contribution in [0, 0.1) is 0 Å².